The second-order valence-corrected chi connectivity index (χ2v) is 6.14. The predicted octanol–water partition coefficient (Wildman–Crippen LogP) is 1.32. The molecule has 23 heavy (non-hydrogen) atoms. The van der Waals surface area contributed by atoms with Crippen molar-refractivity contribution in [3.05, 3.63) is 24.3 Å². The zero-order valence-electron chi connectivity index (χ0n) is 14.0. The number of hydrogen-bond donors (Lipinski definition) is 2. The van der Waals surface area contributed by atoms with E-state index < -0.39 is 6.04 Å². The van der Waals surface area contributed by atoms with Crippen molar-refractivity contribution >= 4 is 11.6 Å². The van der Waals surface area contributed by atoms with Gasteiger partial charge in [0.2, 0.25) is 5.91 Å². The van der Waals surface area contributed by atoms with E-state index in [2.05, 4.69) is 10.2 Å². The molecule has 0 aliphatic carbocycles. The van der Waals surface area contributed by atoms with Gasteiger partial charge in [-0.3, -0.25) is 4.79 Å². The Morgan fingerprint density at radius 3 is 2.87 bits per heavy atom. The molecule has 1 atom stereocenters. The summed E-state index contributed by atoms with van der Waals surface area (Å²) in [6.07, 6.45) is 1.67. The van der Waals surface area contributed by atoms with E-state index in [0.717, 1.165) is 25.1 Å². The zero-order valence-corrected chi connectivity index (χ0v) is 14.0. The number of benzene rings is 1. The van der Waals surface area contributed by atoms with Gasteiger partial charge in [0.1, 0.15) is 12.4 Å². The molecule has 0 spiro atoms. The van der Waals surface area contributed by atoms with Crippen LogP contribution < -0.4 is 15.8 Å². The first-order valence-corrected chi connectivity index (χ1v) is 8.08. The maximum atomic E-state index is 12.3. The fraction of sp³-hybridized carbons (Fsp3) is 0.588. The maximum absolute atomic E-state index is 12.3. The molecular weight excluding hydrogens is 294 g/mol. The van der Waals surface area contributed by atoms with E-state index in [0.29, 0.717) is 25.5 Å². The predicted molar refractivity (Wildman–Crippen MR) is 90.6 cm³/mol. The summed E-state index contributed by atoms with van der Waals surface area (Å²) in [6, 6.07) is 6.90. The van der Waals surface area contributed by atoms with Crippen LogP contribution in [-0.2, 0) is 9.53 Å². The molecule has 1 aromatic rings. The molecule has 1 unspecified atom stereocenters. The lowest BCUT2D eigenvalue weighted by atomic mass is 9.92. The van der Waals surface area contributed by atoms with Gasteiger partial charge in [-0.2, -0.15) is 0 Å². The lowest BCUT2D eigenvalue weighted by Crippen LogP contribution is -2.44. The Balaban J connectivity index is 1.87. The van der Waals surface area contributed by atoms with Gasteiger partial charge in [-0.25, -0.2) is 0 Å². The van der Waals surface area contributed by atoms with Crippen LogP contribution >= 0.6 is 0 Å². The first-order chi connectivity index (χ1) is 11.1. The molecule has 0 saturated carbocycles. The molecule has 2 rings (SSSR count). The average Bonchev–Trinajstić information content (AvgIpc) is 2.55. The van der Waals surface area contributed by atoms with Gasteiger partial charge < -0.3 is 25.4 Å². The molecule has 6 nitrogen and oxygen atoms in total. The summed E-state index contributed by atoms with van der Waals surface area (Å²) in [5.41, 5.74) is 6.80. The number of nitrogens with zero attached hydrogens (tertiary/aromatic N) is 1. The van der Waals surface area contributed by atoms with Crippen molar-refractivity contribution < 1.29 is 14.3 Å². The molecule has 1 heterocycles. The quantitative estimate of drug-likeness (QED) is 0.792. The minimum absolute atomic E-state index is 0.151. The van der Waals surface area contributed by atoms with Crippen molar-refractivity contribution in [1.29, 1.82) is 0 Å². The molecule has 1 saturated heterocycles. The SMILES string of the molecule is CN(C)CCOc1cccc(NC(=O)C(N)C2CCOCC2)c1. The summed E-state index contributed by atoms with van der Waals surface area (Å²) in [5, 5.41) is 2.88. The van der Waals surface area contributed by atoms with Crippen molar-refractivity contribution in [2.45, 2.75) is 18.9 Å². The van der Waals surface area contributed by atoms with E-state index in [9.17, 15) is 4.79 Å². The smallest absolute Gasteiger partial charge is 0.241 e. The number of likely N-dealkylation sites (N-methyl/N-ethyl adjacent to an activating group) is 1. The fourth-order valence-corrected chi connectivity index (χ4v) is 2.52. The number of nitrogens with two attached hydrogens (primary N) is 1. The van der Waals surface area contributed by atoms with Crippen molar-refractivity contribution in [2.75, 3.05) is 45.8 Å². The number of rotatable bonds is 7. The summed E-state index contributed by atoms with van der Waals surface area (Å²) in [6.45, 7) is 2.80. The molecule has 128 valence electrons. The Morgan fingerprint density at radius 1 is 1.43 bits per heavy atom. The number of carbonyl (C=O) groups excluding carboxylic acids is 1. The van der Waals surface area contributed by atoms with E-state index in [1.807, 2.05) is 38.4 Å². The van der Waals surface area contributed by atoms with Crippen LogP contribution in [0.15, 0.2) is 24.3 Å². The second-order valence-electron chi connectivity index (χ2n) is 6.14. The number of anilines is 1. The summed E-state index contributed by atoms with van der Waals surface area (Å²) in [5.74, 6) is 0.773. The molecule has 1 fully saturated rings. The summed E-state index contributed by atoms with van der Waals surface area (Å²) < 4.78 is 11.0. The van der Waals surface area contributed by atoms with E-state index in [1.54, 1.807) is 0 Å². The largest absolute Gasteiger partial charge is 0.492 e. The third-order valence-electron chi connectivity index (χ3n) is 3.99. The zero-order chi connectivity index (χ0) is 16.7. The highest BCUT2D eigenvalue weighted by molar-refractivity contribution is 5.95. The van der Waals surface area contributed by atoms with Crippen molar-refractivity contribution in [1.82, 2.24) is 4.90 Å². The van der Waals surface area contributed by atoms with Crippen LogP contribution in [-0.4, -0.2) is 57.3 Å². The van der Waals surface area contributed by atoms with E-state index in [-0.39, 0.29) is 11.8 Å². The number of carbonyl (C=O) groups is 1. The highest BCUT2D eigenvalue weighted by Gasteiger charge is 2.26. The first-order valence-electron chi connectivity index (χ1n) is 8.08. The highest BCUT2D eigenvalue weighted by Crippen LogP contribution is 2.21. The lowest BCUT2D eigenvalue weighted by Gasteiger charge is -2.26. The molecule has 6 heteroatoms. The van der Waals surface area contributed by atoms with Crippen LogP contribution in [0.5, 0.6) is 5.75 Å². The van der Waals surface area contributed by atoms with Gasteiger partial charge in [0.05, 0.1) is 6.04 Å². The van der Waals surface area contributed by atoms with Crippen LogP contribution in [0.3, 0.4) is 0 Å². The van der Waals surface area contributed by atoms with Gasteiger partial charge in [-0.05, 0) is 45.0 Å². The molecule has 1 amide bonds. The molecule has 1 aromatic carbocycles. The van der Waals surface area contributed by atoms with Gasteiger partial charge in [0.25, 0.3) is 0 Å². The number of amides is 1. The Bertz CT molecular complexity index is 502. The van der Waals surface area contributed by atoms with Gasteiger partial charge in [-0.15, -0.1) is 0 Å². The number of nitrogens with one attached hydrogen (secondary N) is 1. The second kappa shape index (κ2) is 8.86. The molecule has 1 aliphatic rings. The first kappa shape index (κ1) is 17.7. The molecule has 0 radical (unpaired) electrons. The van der Waals surface area contributed by atoms with Gasteiger partial charge in [-0.1, -0.05) is 6.07 Å². The Kier molecular flexibility index (Phi) is 6.83. The lowest BCUT2D eigenvalue weighted by molar-refractivity contribution is -0.119. The maximum Gasteiger partial charge on any atom is 0.241 e. The fourth-order valence-electron chi connectivity index (χ4n) is 2.52. The third kappa shape index (κ3) is 5.82. The monoisotopic (exact) mass is 321 g/mol. The molecule has 0 aromatic heterocycles. The summed E-state index contributed by atoms with van der Waals surface area (Å²) >= 11 is 0. The van der Waals surface area contributed by atoms with Gasteiger partial charge >= 0.3 is 0 Å². The number of ether oxygens (including phenoxy) is 2. The standard InChI is InChI=1S/C17H27N3O3/c1-20(2)8-11-23-15-5-3-4-14(12-15)19-17(21)16(18)13-6-9-22-10-7-13/h3-5,12-13,16H,6-11,18H2,1-2H3,(H,19,21). The van der Waals surface area contributed by atoms with E-state index >= 15 is 0 Å². The highest BCUT2D eigenvalue weighted by atomic mass is 16.5. The Morgan fingerprint density at radius 2 is 2.17 bits per heavy atom. The molecule has 1 aliphatic heterocycles. The van der Waals surface area contributed by atoms with Crippen LogP contribution in [0.25, 0.3) is 0 Å². The van der Waals surface area contributed by atoms with Crippen LogP contribution in [0.1, 0.15) is 12.8 Å². The van der Waals surface area contributed by atoms with E-state index in [1.165, 1.54) is 0 Å². The average molecular weight is 321 g/mol. The van der Waals surface area contributed by atoms with Crippen LogP contribution in [0.4, 0.5) is 5.69 Å². The summed E-state index contributed by atoms with van der Waals surface area (Å²) in [7, 11) is 4.00. The van der Waals surface area contributed by atoms with Gasteiger partial charge in [0.15, 0.2) is 0 Å². The Hall–Kier alpha value is -1.63. The molecular formula is C17H27N3O3. The topological polar surface area (TPSA) is 76.8 Å². The Labute approximate surface area is 137 Å². The van der Waals surface area contributed by atoms with Crippen molar-refractivity contribution in [3.63, 3.8) is 0 Å². The van der Waals surface area contributed by atoms with Crippen molar-refractivity contribution in [2.24, 2.45) is 11.7 Å². The normalized spacial score (nSPS) is 17.0. The van der Waals surface area contributed by atoms with Crippen LogP contribution in [0, 0.1) is 5.92 Å². The summed E-state index contributed by atoms with van der Waals surface area (Å²) in [4.78, 5) is 14.4. The minimum Gasteiger partial charge on any atom is -0.492 e. The minimum atomic E-state index is -0.503. The van der Waals surface area contributed by atoms with E-state index in [4.69, 9.17) is 15.2 Å². The molecule has 0 bridgehead atoms. The van der Waals surface area contributed by atoms with Crippen molar-refractivity contribution in [3.8, 4) is 5.75 Å². The number of hydrogen-bond acceptors (Lipinski definition) is 5. The van der Waals surface area contributed by atoms with Crippen LogP contribution in [0.2, 0.25) is 0 Å². The van der Waals surface area contributed by atoms with Gasteiger partial charge in [0, 0.05) is 31.5 Å². The third-order valence-corrected chi connectivity index (χ3v) is 3.99. The molecule has 3 N–H and O–H groups in total.